The van der Waals surface area contributed by atoms with E-state index in [1.807, 2.05) is 19.9 Å². The Hall–Kier alpha value is -0.390. The minimum atomic E-state index is -3.36. The molecule has 18 heavy (non-hydrogen) atoms. The van der Waals surface area contributed by atoms with Gasteiger partial charge in [-0.15, -0.1) is 0 Å². The van der Waals surface area contributed by atoms with E-state index in [1.54, 1.807) is 12.1 Å². The Morgan fingerprint density at radius 3 is 2.50 bits per heavy atom. The van der Waals surface area contributed by atoms with Crippen molar-refractivity contribution < 1.29 is 8.42 Å². The third-order valence-corrected chi connectivity index (χ3v) is 4.78. The van der Waals surface area contributed by atoms with Gasteiger partial charge in [-0.3, -0.25) is 0 Å². The van der Waals surface area contributed by atoms with Gasteiger partial charge in [0.25, 0.3) is 0 Å². The molecule has 0 bridgehead atoms. The van der Waals surface area contributed by atoms with Gasteiger partial charge in [0.05, 0.1) is 4.90 Å². The molecule has 0 saturated carbocycles. The zero-order chi connectivity index (χ0) is 13.8. The molecule has 0 amide bonds. The van der Waals surface area contributed by atoms with Crippen LogP contribution in [0.4, 0.5) is 0 Å². The monoisotopic (exact) mass is 333 g/mol. The summed E-state index contributed by atoms with van der Waals surface area (Å²) >= 11 is 3.44. The Bertz CT molecular complexity index is 498. The second-order valence-corrected chi connectivity index (χ2v) is 7.90. The Labute approximate surface area is 118 Å². The maximum Gasteiger partial charge on any atom is 0.240 e. The van der Waals surface area contributed by atoms with Crippen LogP contribution in [0.5, 0.6) is 0 Å². The van der Waals surface area contributed by atoms with Gasteiger partial charge in [0.1, 0.15) is 0 Å². The molecule has 3 nitrogen and oxygen atoms in total. The molecular weight excluding hydrogens is 314 g/mol. The molecule has 1 unspecified atom stereocenters. The van der Waals surface area contributed by atoms with Crippen molar-refractivity contribution in [2.24, 2.45) is 0 Å². The Morgan fingerprint density at radius 1 is 1.28 bits per heavy atom. The number of aryl methyl sites for hydroxylation is 2. The van der Waals surface area contributed by atoms with Crippen LogP contribution in [0.3, 0.4) is 0 Å². The lowest BCUT2D eigenvalue weighted by atomic mass is 10.1. The van der Waals surface area contributed by atoms with E-state index in [0.717, 1.165) is 24.0 Å². The molecule has 5 heteroatoms. The van der Waals surface area contributed by atoms with E-state index in [4.69, 9.17) is 0 Å². The predicted octanol–water partition coefficient (Wildman–Crippen LogP) is 3.15. The highest BCUT2D eigenvalue weighted by atomic mass is 79.9. The Morgan fingerprint density at radius 2 is 1.94 bits per heavy atom. The van der Waals surface area contributed by atoms with Gasteiger partial charge in [0, 0.05) is 11.4 Å². The Balaban J connectivity index is 2.66. The van der Waals surface area contributed by atoms with Crippen LogP contribution in [0.1, 0.15) is 30.9 Å². The molecular formula is C13H20BrNO2S. The molecule has 0 saturated heterocycles. The smallest absolute Gasteiger partial charge is 0.211 e. The van der Waals surface area contributed by atoms with Gasteiger partial charge in [-0.05, 0) is 49.9 Å². The van der Waals surface area contributed by atoms with Gasteiger partial charge in [-0.25, -0.2) is 13.1 Å². The highest BCUT2D eigenvalue weighted by Gasteiger charge is 2.13. The first-order valence-corrected chi connectivity index (χ1v) is 8.44. The van der Waals surface area contributed by atoms with E-state index in [2.05, 4.69) is 27.6 Å². The van der Waals surface area contributed by atoms with Crippen LogP contribution >= 0.6 is 15.9 Å². The van der Waals surface area contributed by atoms with E-state index in [9.17, 15) is 8.42 Å². The summed E-state index contributed by atoms with van der Waals surface area (Å²) < 4.78 is 26.7. The average molecular weight is 334 g/mol. The van der Waals surface area contributed by atoms with Gasteiger partial charge >= 0.3 is 0 Å². The average Bonchev–Trinajstić information content (AvgIpc) is 2.28. The molecule has 102 valence electrons. The number of nitrogens with one attached hydrogen (secondary N) is 1. The van der Waals surface area contributed by atoms with Crippen LogP contribution in [-0.2, 0) is 10.0 Å². The van der Waals surface area contributed by atoms with E-state index < -0.39 is 10.0 Å². The van der Waals surface area contributed by atoms with Crippen molar-refractivity contribution in [3.05, 3.63) is 29.3 Å². The van der Waals surface area contributed by atoms with Crippen molar-refractivity contribution in [1.82, 2.24) is 4.72 Å². The van der Waals surface area contributed by atoms with Crippen molar-refractivity contribution in [1.29, 1.82) is 0 Å². The molecule has 1 N–H and O–H groups in total. The van der Waals surface area contributed by atoms with Crippen molar-refractivity contribution in [3.63, 3.8) is 0 Å². The van der Waals surface area contributed by atoms with Crippen molar-refractivity contribution in [2.75, 3.05) is 6.54 Å². The number of benzene rings is 1. The molecule has 1 rings (SSSR count). The maximum atomic E-state index is 12.0. The summed E-state index contributed by atoms with van der Waals surface area (Å²) in [5, 5.41) is 0. The molecule has 0 aromatic heterocycles. The summed E-state index contributed by atoms with van der Waals surface area (Å²) in [5.74, 6) is 0. The van der Waals surface area contributed by atoms with Gasteiger partial charge in [-0.2, -0.15) is 0 Å². The predicted molar refractivity (Wildman–Crippen MR) is 78.7 cm³/mol. The lowest BCUT2D eigenvalue weighted by Crippen LogP contribution is -2.25. The molecule has 1 aromatic carbocycles. The standard InChI is InChI=1S/C13H20BrNO2S/c1-10-6-7-13(9-11(10)2)18(16,17)15-8-4-5-12(3)14/h6-7,9,12,15H,4-5,8H2,1-3H3. The summed E-state index contributed by atoms with van der Waals surface area (Å²) in [4.78, 5) is 0.765. The summed E-state index contributed by atoms with van der Waals surface area (Å²) in [6, 6.07) is 5.20. The fourth-order valence-electron chi connectivity index (χ4n) is 1.55. The highest BCUT2D eigenvalue weighted by molar-refractivity contribution is 9.09. The van der Waals surface area contributed by atoms with E-state index in [1.165, 1.54) is 0 Å². The number of alkyl halides is 1. The van der Waals surface area contributed by atoms with E-state index >= 15 is 0 Å². The van der Waals surface area contributed by atoms with Crippen LogP contribution in [0.15, 0.2) is 23.1 Å². The normalized spacial score (nSPS) is 13.6. The quantitative estimate of drug-likeness (QED) is 0.642. The maximum absolute atomic E-state index is 12.0. The molecule has 0 aliphatic carbocycles. The third-order valence-electron chi connectivity index (χ3n) is 2.86. The minimum Gasteiger partial charge on any atom is -0.211 e. The van der Waals surface area contributed by atoms with Crippen molar-refractivity contribution in [3.8, 4) is 0 Å². The molecule has 0 fully saturated rings. The van der Waals surface area contributed by atoms with Gasteiger partial charge < -0.3 is 0 Å². The van der Waals surface area contributed by atoms with E-state index in [-0.39, 0.29) is 0 Å². The first kappa shape index (κ1) is 15.7. The molecule has 0 spiro atoms. The lowest BCUT2D eigenvalue weighted by molar-refractivity contribution is 0.576. The molecule has 0 heterocycles. The zero-order valence-corrected chi connectivity index (χ0v) is 13.4. The van der Waals surface area contributed by atoms with Crippen molar-refractivity contribution in [2.45, 2.75) is 43.3 Å². The summed E-state index contributed by atoms with van der Waals surface area (Å²) in [6.07, 6.45) is 1.78. The lowest BCUT2D eigenvalue weighted by Gasteiger charge is -2.09. The van der Waals surface area contributed by atoms with Crippen LogP contribution in [0.2, 0.25) is 0 Å². The van der Waals surface area contributed by atoms with Crippen LogP contribution in [0, 0.1) is 13.8 Å². The highest BCUT2D eigenvalue weighted by Crippen LogP contribution is 2.14. The van der Waals surface area contributed by atoms with Gasteiger partial charge in [0.2, 0.25) is 10.0 Å². The molecule has 0 radical (unpaired) electrons. The van der Waals surface area contributed by atoms with Crippen molar-refractivity contribution >= 4 is 26.0 Å². The van der Waals surface area contributed by atoms with Gasteiger partial charge in [0.15, 0.2) is 0 Å². The third kappa shape index (κ3) is 4.71. The summed E-state index contributed by atoms with van der Waals surface area (Å²) in [6.45, 7) is 6.42. The number of hydrogen-bond acceptors (Lipinski definition) is 2. The topological polar surface area (TPSA) is 46.2 Å². The molecule has 1 atom stereocenters. The van der Waals surface area contributed by atoms with E-state index in [0.29, 0.717) is 16.3 Å². The van der Waals surface area contributed by atoms with Crippen LogP contribution in [-0.4, -0.2) is 19.8 Å². The summed E-state index contributed by atoms with van der Waals surface area (Å²) in [7, 11) is -3.36. The Kier molecular flexibility index (Phi) is 5.82. The second-order valence-electron chi connectivity index (χ2n) is 4.57. The second kappa shape index (κ2) is 6.68. The fraction of sp³-hybridized carbons (Fsp3) is 0.538. The zero-order valence-electron chi connectivity index (χ0n) is 11.0. The number of hydrogen-bond donors (Lipinski definition) is 1. The largest absolute Gasteiger partial charge is 0.240 e. The molecule has 0 aliphatic heterocycles. The van der Waals surface area contributed by atoms with Gasteiger partial charge in [-0.1, -0.05) is 28.9 Å². The number of rotatable bonds is 6. The first-order valence-electron chi connectivity index (χ1n) is 6.04. The fourth-order valence-corrected chi connectivity index (χ4v) is 3.04. The minimum absolute atomic E-state index is 0.345. The molecule has 1 aromatic rings. The summed E-state index contributed by atoms with van der Waals surface area (Å²) in [5.41, 5.74) is 2.09. The first-order chi connectivity index (χ1) is 8.33. The molecule has 0 aliphatic rings. The van der Waals surface area contributed by atoms with Crippen LogP contribution in [0.25, 0.3) is 0 Å². The number of sulfonamides is 1. The SMILES string of the molecule is Cc1ccc(S(=O)(=O)NCCCC(C)Br)cc1C. The number of halogens is 1. The van der Waals surface area contributed by atoms with Crippen LogP contribution < -0.4 is 4.72 Å².